The Balaban J connectivity index is 3.66. The summed E-state index contributed by atoms with van der Waals surface area (Å²) in [7, 11) is 0. The summed E-state index contributed by atoms with van der Waals surface area (Å²) >= 11 is 0. The van der Waals surface area contributed by atoms with Crippen molar-refractivity contribution in [1.29, 1.82) is 0 Å². The molecule has 4 unspecified atom stereocenters. The number of aliphatic hydroxyl groups excluding tert-OH is 4. The summed E-state index contributed by atoms with van der Waals surface area (Å²) < 4.78 is 0. The maximum Gasteiger partial charge on any atom is 0.249 e. The van der Waals surface area contributed by atoms with Crippen LogP contribution in [-0.2, 0) is 4.79 Å². The minimum absolute atomic E-state index is 0.362. The largest absolute Gasteiger partial charge is 0.394 e. The first-order valence-electron chi connectivity index (χ1n) is 24.4. The average Bonchev–Trinajstić information content (AvgIpc) is 3.20. The van der Waals surface area contributed by atoms with Crippen molar-refractivity contribution in [1.82, 2.24) is 5.32 Å². The van der Waals surface area contributed by atoms with Gasteiger partial charge in [-0.2, -0.15) is 0 Å². The lowest BCUT2D eigenvalue weighted by Gasteiger charge is -2.27. The van der Waals surface area contributed by atoms with Crippen LogP contribution < -0.4 is 5.32 Å². The maximum absolute atomic E-state index is 12.5. The highest BCUT2D eigenvalue weighted by Gasteiger charge is 2.28. The molecule has 0 saturated carbocycles. The molecule has 0 aliphatic carbocycles. The van der Waals surface area contributed by atoms with Crippen molar-refractivity contribution < 1.29 is 25.2 Å². The number of allylic oxidation sites excluding steroid dienone is 6. The molecule has 0 fully saturated rings. The number of aliphatic hydroxyl groups is 4. The van der Waals surface area contributed by atoms with Gasteiger partial charge >= 0.3 is 0 Å². The Morgan fingerprint density at radius 1 is 0.429 bits per heavy atom. The zero-order valence-electron chi connectivity index (χ0n) is 37.1. The van der Waals surface area contributed by atoms with Gasteiger partial charge in [-0.15, -0.1) is 0 Å². The molecule has 0 aromatic rings. The topological polar surface area (TPSA) is 110 Å². The van der Waals surface area contributed by atoms with Crippen molar-refractivity contribution in [2.75, 3.05) is 6.61 Å². The van der Waals surface area contributed by atoms with Crippen LogP contribution in [0.5, 0.6) is 0 Å². The normalized spacial score (nSPS) is 14.3. The van der Waals surface area contributed by atoms with Gasteiger partial charge in [0, 0.05) is 0 Å². The molecule has 0 bridgehead atoms. The van der Waals surface area contributed by atoms with Gasteiger partial charge in [0.25, 0.3) is 0 Å². The molecule has 0 aromatic carbocycles. The summed E-state index contributed by atoms with van der Waals surface area (Å²) in [5.74, 6) is -0.597. The molecule has 0 rings (SSSR count). The predicted octanol–water partition coefficient (Wildman–Crippen LogP) is 13.3. The lowest BCUT2D eigenvalue weighted by molar-refractivity contribution is -0.132. The van der Waals surface area contributed by atoms with E-state index in [0.29, 0.717) is 19.3 Å². The summed E-state index contributed by atoms with van der Waals surface area (Å²) in [5.41, 5.74) is 0. The van der Waals surface area contributed by atoms with Crippen molar-refractivity contribution >= 4 is 5.91 Å². The minimum atomic E-state index is -1.29. The third-order valence-electron chi connectivity index (χ3n) is 11.3. The van der Waals surface area contributed by atoms with E-state index in [4.69, 9.17) is 0 Å². The molecular formula is C50H95NO5. The predicted molar refractivity (Wildman–Crippen MR) is 242 cm³/mol. The van der Waals surface area contributed by atoms with Crippen molar-refractivity contribution in [3.05, 3.63) is 36.5 Å². The Labute approximate surface area is 347 Å². The van der Waals surface area contributed by atoms with Crippen LogP contribution in [0.25, 0.3) is 0 Å². The van der Waals surface area contributed by atoms with Crippen LogP contribution in [0.1, 0.15) is 245 Å². The molecule has 4 atom stereocenters. The first-order valence-corrected chi connectivity index (χ1v) is 24.4. The van der Waals surface area contributed by atoms with Gasteiger partial charge in [-0.1, -0.05) is 224 Å². The summed E-state index contributed by atoms with van der Waals surface area (Å²) in [5, 5.41) is 43.7. The average molecular weight is 790 g/mol. The number of nitrogens with one attached hydrogen (secondary N) is 1. The second-order valence-electron chi connectivity index (χ2n) is 16.8. The first kappa shape index (κ1) is 54.5. The van der Waals surface area contributed by atoms with Crippen LogP contribution in [0.4, 0.5) is 0 Å². The van der Waals surface area contributed by atoms with Crippen molar-refractivity contribution in [2.24, 2.45) is 0 Å². The van der Waals surface area contributed by atoms with Crippen molar-refractivity contribution in [3.8, 4) is 0 Å². The molecule has 0 aromatic heterocycles. The number of amides is 1. The Hall–Kier alpha value is -1.47. The number of unbranched alkanes of at least 4 members (excludes halogenated alkanes) is 29. The molecule has 0 spiro atoms. The smallest absolute Gasteiger partial charge is 0.249 e. The standard InChI is InChI=1S/C50H95NO5/c1-3-5-7-9-11-13-15-17-19-20-21-22-23-24-25-26-27-28-29-30-32-34-36-38-40-42-44-48(54)50(56)51-46(45-52)49(55)47(53)43-41-39-37-35-33-31-18-16-14-12-10-8-6-4-2/h8,10,16,18,35,37,46-49,52-55H,3-7,9,11-15,17,19-34,36,38-45H2,1-2H3,(H,51,56)/b10-8+,18-16+,37-35+. The molecule has 0 aliphatic heterocycles. The summed E-state index contributed by atoms with van der Waals surface area (Å²) in [6.45, 7) is 3.98. The maximum atomic E-state index is 12.5. The molecule has 0 radical (unpaired) electrons. The highest BCUT2D eigenvalue weighted by atomic mass is 16.3. The van der Waals surface area contributed by atoms with E-state index in [2.05, 4.69) is 55.6 Å². The molecule has 330 valence electrons. The summed E-state index contributed by atoms with van der Waals surface area (Å²) in [4.78, 5) is 12.5. The Morgan fingerprint density at radius 3 is 1.12 bits per heavy atom. The Bertz CT molecular complexity index is 889. The molecule has 56 heavy (non-hydrogen) atoms. The van der Waals surface area contributed by atoms with E-state index in [9.17, 15) is 25.2 Å². The number of hydrogen-bond acceptors (Lipinski definition) is 5. The zero-order valence-corrected chi connectivity index (χ0v) is 37.1. The van der Waals surface area contributed by atoms with Gasteiger partial charge in [0.2, 0.25) is 5.91 Å². The van der Waals surface area contributed by atoms with Crippen molar-refractivity contribution in [2.45, 2.75) is 269 Å². The van der Waals surface area contributed by atoms with Crippen LogP contribution in [-0.4, -0.2) is 57.3 Å². The van der Waals surface area contributed by atoms with Crippen LogP contribution >= 0.6 is 0 Å². The number of carbonyl (C=O) groups excluding carboxylic acids is 1. The highest BCUT2D eigenvalue weighted by Crippen LogP contribution is 2.17. The number of hydrogen-bond donors (Lipinski definition) is 5. The fraction of sp³-hybridized carbons (Fsp3) is 0.860. The van der Waals surface area contributed by atoms with Gasteiger partial charge in [0.15, 0.2) is 0 Å². The summed E-state index contributed by atoms with van der Waals surface area (Å²) in [6.07, 6.45) is 53.4. The molecule has 0 saturated heterocycles. The van der Waals surface area contributed by atoms with E-state index >= 15 is 0 Å². The molecule has 0 heterocycles. The fourth-order valence-corrected chi connectivity index (χ4v) is 7.45. The molecule has 5 N–H and O–H groups in total. The monoisotopic (exact) mass is 790 g/mol. The lowest BCUT2D eigenvalue weighted by Crippen LogP contribution is -2.53. The molecule has 6 nitrogen and oxygen atoms in total. The third-order valence-corrected chi connectivity index (χ3v) is 11.3. The minimum Gasteiger partial charge on any atom is -0.394 e. The molecule has 1 amide bonds. The fourth-order valence-electron chi connectivity index (χ4n) is 7.45. The van der Waals surface area contributed by atoms with Gasteiger partial charge in [0.05, 0.1) is 18.8 Å². The molecular weight excluding hydrogens is 695 g/mol. The Morgan fingerprint density at radius 2 is 0.768 bits per heavy atom. The lowest BCUT2D eigenvalue weighted by atomic mass is 10.00. The van der Waals surface area contributed by atoms with Crippen molar-refractivity contribution in [3.63, 3.8) is 0 Å². The van der Waals surface area contributed by atoms with E-state index in [0.717, 1.165) is 57.8 Å². The zero-order chi connectivity index (χ0) is 41.0. The number of carbonyl (C=O) groups is 1. The van der Waals surface area contributed by atoms with Gasteiger partial charge in [-0.3, -0.25) is 4.79 Å². The molecule has 6 heteroatoms. The van der Waals surface area contributed by atoms with E-state index in [1.807, 2.05) is 0 Å². The quantitative estimate of drug-likeness (QED) is 0.0312. The second-order valence-corrected chi connectivity index (χ2v) is 16.8. The molecule has 0 aliphatic rings. The summed E-state index contributed by atoms with van der Waals surface area (Å²) in [6, 6.07) is -1.01. The van der Waals surface area contributed by atoms with E-state index in [1.54, 1.807) is 0 Å². The van der Waals surface area contributed by atoms with E-state index < -0.39 is 36.9 Å². The highest BCUT2D eigenvalue weighted by molar-refractivity contribution is 5.80. The second kappa shape index (κ2) is 44.6. The SMILES string of the molecule is CCC/C=C/CC/C=C/CC/C=C/CCCC(O)C(O)C(CO)NC(=O)C(O)CCCCCCCCCCCCCCCCCCCCCCCCCCCC. The first-order chi connectivity index (χ1) is 27.5. The van der Waals surface area contributed by atoms with E-state index in [1.165, 1.54) is 154 Å². The number of rotatable bonds is 44. The van der Waals surface area contributed by atoms with E-state index in [-0.39, 0.29) is 0 Å². The van der Waals surface area contributed by atoms with Crippen LogP contribution in [0.3, 0.4) is 0 Å². The van der Waals surface area contributed by atoms with Crippen LogP contribution in [0.2, 0.25) is 0 Å². The van der Waals surface area contributed by atoms with Gasteiger partial charge < -0.3 is 25.7 Å². The van der Waals surface area contributed by atoms with Crippen LogP contribution in [0.15, 0.2) is 36.5 Å². The third kappa shape index (κ3) is 38.1. The Kier molecular flexibility index (Phi) is 43.5. The van der Waals surface area contributed by atoms with Gasteiger partial charge in [0.1, 0.15) is 12.2 Å². The van der Waals surface area contributed by atoms with Gasteiger partial charge in [-0.25, -0.2) is 0 Å². The van der Waals surface area contributed by atoms with Gasteiger partial charge in [-0.05, 0) is 57.8 Å². The van der Waals surface area contributed by atoms with Crippen LogP contribution in [0, 0.1) is 0 Å².